The number of hydrogen-bond acceptors (Lipinski definition) is 7. The highest BCUT2D eigenvalue weighted by atomic mass is 16.5. The van der Waals surface area contributed by atoms with Crippen LogP contribution in [0.4, 0.5) is 5.95 Å². The Bertz CT molecular complexity index is 514. The van der Waals surface area contributed by atoms with Gasteiger partial charge in [-0.15, -0.1) is 0 Å². The summed E-state index contributed by atoms with van der Waals surface area (Å²) in [7, 11) is 0. The molecule has 2 rings (SSSR count). The fourth-order valence-corrected chi connectivity index (χ4v) is 1.33. The van der Waals surface area contributed by atoms with E-state index in [0.29, 0.717) is 19.2 Å². The summed E-state index contributed by atoms with van der Waals surface area (Å²) in [6, 6.07) is 1.92. The molecule has 8 heteroatoms. The lowest BCUT2D eigenvalue weighted by atomic mass is 10.5. The van der Waals surface area contributed by atoms with Crippen LogP contribution >= 0.6 is 0 Å². The number of anilines is 1. The minimum atomic E-state index is 0.0836. The first-order chi connectivity index (χ1) is 9.15. The molecule has 0 saturated heterocycles. The molecule has 0 atom stereocenters. The zero-order chi connectivity index (χ0) is 13.7. The molecule has 2 heterocycles. The maximum absolute atomic E-state index is 5.60. The highest BCUT2D eigenvalue weighted by Gasteiger charge is 2.07. The molecule has 19 heavy (non-hydrogen) atoms. The molecule has 0 aliphatic heterocycles. The Labute approximate surface area is 110 Å². The summed E-state index contributed by atoms with van der Waals surface area (Å²) >= 11 is 0. The van der Waals surface area contributed by atoms with Crippen LogP contribution in [0.5, 0.6) is 6.01 Å². The second kappa shape index (κ2) is 6.10. The van der Waals surface area contributed by atoms with Crippen molar-refractivity contribution in [2.45, 2.75) is 20.0 Å². The lowest BCUT2D eigenvalue weighted by Crippen LogP contribution is -2.14. The first kappa shape index (κ1) is 13.2. The van der Waals surface area contributed by atoms with Crippen molar-refractivity contribution in [3.63, 3.8) is 0 Å². The summed E-state index contributed by atoms with van der Waals surface area (Å²) < 4.78 is 12.2. The van der Waals surface area contributed by atoms with Crippen LogP contribution in [-0.2, 0) is 4.74 Å². The standard InChI is InChI=1S/C11H16N6O2/c1-8(2)18-6-7-19-11-15-9(12)14-10(16-11)17-5-3-4-13-17/h3-5,8H,6-7H2,1-2H3,(H2,12,14,15,16). The van der Waals surface area contributed by atoms with Gasteiger partial charge in [-0.25, -0.2) is 4.68 Å². The summed E-state index contributed by atoms with van der Waals surface area (Å²) in [5.74, 6) is 0.401. The van der Waals surface area contributed by atoms with Crippen molar-refractivity contribution in [1.29, 1.82) is 0 Å². The van der Waals surface area contributed by atoms with Crippen LogP contribution in [-0.4, -0.2) is 44.1 Å². The van der Waals surface area contributed by atoms with Gasteiger partial charge in [-0.1, -0.05) is 0 Å². The fourth-order valence-electron chi connectivity index (χ4n) is 1.33. The molecule has 2 aromatic heterocycles. The van der Waals surface area contributed by atoms with Gasteiger partial charge < -0.3 is 15.2 Å². The molecule has 0 amide bonds. The van der Waals surface area contributed by atoms with E-state index >= 15 is 0 Å². The lowest BCUT2D eigenvalue weighted by molar-refractivity contribution is 0.0531. The third kappa shape index (κ3) is 3.88. The van der Waals surface area contributed by atoms with E-state index in [0.717, 1.165) is 0 Å². The molecule has 0 radical (unpaired) electrons. The lowest BCUT2D eigenvalue weighted by Gasteiger charge is -2.08. The van der Waals surface area contributed by atoms with E-state index in [-0.39, 0.29) is 18.1 Å². The Hall–Kier alpha value is -2.22. The van der Waals surface area contributed by atoms with Gasteiger partial charge in [-0.05, 0) is 19.9 Å². The second-order valence-corrected chi connectivity index (χ2v) is 3.99. The molecule has 0 saturated carbocycles. The summed E-state index contributed by atoms with van der Waals surface area (Å²) in [6.07, 6.45) is 3.49. The first-order valence-electron chi connectivity index (χ1n) is 5.91. The summed E-state index contributed by atoms with van der Waals surface area (Å²) in [4.78, 5) is 12.0. The molecule has 0 fully saturated rings. The van der Waals surface area contributed by atoms with Gasteiger partial charge in [-0.3, -0.25) is 0 Å². The summed E-state index contributed by atoms with van der Waals surface area (Å²) in [5, 5.41) is 4.02. The van der Waals surface area contributed by atoms with Gasteiger partial charge in [-0.2, -0.15) is 20.1 Å². The van der Waals surface area contributed by atoms with E-state index in [2.05, 4.69) is 20.1 Å². The van der Waals surface area contributed by atoms with Crippen LogP contribution in [0.3, 0.4) is 0 Å². The van der Waals surface area contributed by atoms with Gasteiger partial charge >= 0.3 is 6.01 Å². The number of nitrogen functional groups attached to an aromatic ring is 1. The summed E-state index contributed by atoms with van der Waals surface area (Å²) in [6.45, 7) is 4.72. The van der Waals surface area contributed by atoms with Crippen molar-refractivity contribution in [2.75, 3.05) is 18.9 Å². The van der Waals surface area contributed by atoms with Crippen LogP contribution in [0.1, 0.15) is 13.8 Å². The van der Waals surface area contributed by atoms with Crippen LogP contribution in [0, 0.1) is 0 Å². The van der Waals surface area contributed by atoms with Gasteiger partial charge in [0.1, 0.15) is 6.61 Å². The Balaban J connectivity index is 2.01. The number of ether oxygens (including phenoxy) is 2. The summed E-state index contributed by atoms with van der Waals surface area (Å²) in [5.41, 5.74) is 5.60. The minimum Gasteiger partial charge on any atom is -0.461 e. The van der Waals surface area contributed by atoms with Crippen molar-refractivity contribution in [1.82, 2.24) is 24.7 Å². The van der Waals surface area contributed by atoms with Crippen molar-refractivity contribution < 1.29 is 9.47 Å². The molecule has 2 aromatic rings. The molecule has 0 aliphatic carbocycles. The molecule has 0 aliphatic rings. The third-order valence-corrected chi connectivity index (χ3v) is 2.10. The van der Waals surface area contributed by atoms with Crippen LogP contribution in [0.2, 0.25) is 0 Å². The quantitative estimate of drug-likeness (QED) is 0.755. The maximum Gasteiger partial charge on any atom is 0.323 e. The average molecular weight is 264 g/mol. The molecular formula is C11H16N6O2. The van der Waals surface area contributed by atoms with Gasteiger partial charge in [0.15, 0.2) is 0 Å². The molecule has 0 unspecified atom stereocenters. The molecule has 102 valence electrons. The Morgan fingerprint density at radius 2 is 2.11 bits per heavy atom. The topological polar surface area (TPSA) is 101 Å². The van der Waals surface area contributed by atoms with Crippen molar-refractivity contribution >= 4 is 5.95 Å². The minimum absolute atomic E-state index is 0.0836. The second-order valence-electron chi connectivity index (χ2n) is 3.99. The van der Waals surface area contributed by atoms with E-state index in [4.69, 9.17) is 15.2 Å². The zero-order valence-corrected chi connectivity index (χ0v) is 10.9. The van der Waals surface area contributed by atoms with E-state index in [9.17, 15) is 0 Å². The van der Waals surface area contributed by atoms with Gasteiger partial charge in [0.05, 0.1) is 12.7 Å². The van der Waals surface area contributed by atoms with Crippen molar-refractivity contribution in [2.24, 2.45) is 0 Å². The molecule has 0 spiro atoms. The SMILES string of the molecule is CC(C)OCCOc1nc(N)nc(-n2cccn2)n1. The number of aromatic nitrogens is 5. The third-order valence-electron chi connectivity index (χ3n) is 2.10. The van der Waals surface area contributed by atoms with E-state index < -0.39 is 0 Å². The maximum atomic E-state index is 5.60. The molecule has 8 nitrogen and oxygen atoms in total. The Kier molecular flexibility index (Phi) is 4.24. The average Bonchev–Trinajstić information content (AvgIpc) is 2.87. The predicted octanol–water partition coefficient (Wildman–Crippen LogP) is 0.443. The molecule has 0 bridgehead atoms. The van der Waals surface area contributed by atoms with Gasteiger partial charge in [0, 0.05) is 12.4 Å². The largest absolute Gasteiger partial charge is 0.461 e. The zero-order valence-electron chi connectivity index (χ0n) is 10.9. The molecular weight excluding hydrogens is 248 g/mol. The van der Waals surface area contributed by atoms with Gasteiger partial charge in [0.25, 0.3) is 5.95 Å². The van der Waals surface area contributed by atoms with Crippen LogP contribution in [0.25, 0.3) is 5.95 Å². The number of nitrogens with two attached hydrogens (primary N) is 1. The van der Waals surface area contributed by atoms with Crippen LogP contribution < -0.4 is 10.5 Å². The molecule has 2 N–H and O–H groups in total. The number of hydrogen-bond donors (Lipinski definition) is 1. The highest BCUT2D eigenvalue weighted by molar-refractivity contribution is 5.24. The van der Waals surface area contributed by atoms with E-state index in [1.165, 1.54) is 4.68 Å². The van der Waals surface area contributed by atoms with E-state index in [1.807, 2.05) is 13.8 Å². The number of nitrogens with zero attached hydrogens (tertiary/aromatic N) is 5. The monoisotopic (exact) mass is 264 g/mol. The predicted molar refractivity (Wildman–Crippen MR) is 67.9 cm³/mol. The Morgan fingerprint density at radius 3 is 2.79 bits per heavy atom. The van der Waals surface area contributed by atoms with Crippen molar-refractivity contribution in [3.8, 4) is 12.0 Å². The fraction of sp³-hybridized carbons (Fsp3) is 0.455. The van der Waals surface area contributed by atoms with Gasteiger partial charge in [0.2, 0.25) is 5.95 Å². The van der Waals surface area contributed by atoms with Crippen molar-refractivity contribution in [3.05, 3.63) is 18.5 Å². The Morgan fingerprint density at radius 1 is 1.26 bits per heavy atom. The smallest absolute Gasteiger partial charge is 0.323 e. The van der Waals surface area contributed by atoms with Crippen LogP contribution in [0.15, 0.2) is 18.5 Å². The number of rotatable bonds is 6. The first-order valence-corrected chi connectivity index (χ1v) is 5.91. The molecule has 0 aromatic carbocycles. The normalized spacial score (nSPS) is 10.9. The highest BCUT2D eigenvalue weighted by Crippen LogP contribution is 2.08. The van der Waals surface area contributed by atoms with E-state index in [1.54, 1.807) is 18.5 Å².